The fraction of sp³-hybridized carbons (Fsp3) is 0.417. The van der Waals surface area contributed by atoms with Crippen molar-refractivity contribution in [1.82, 2.24) is 10.3 Å². The minimum atomic E-state index is 0.349. The van der Waals surface area contributed by atoms with Gasteiger partial charge in [0.05, 0.1) is 0 Å². The molecule has 15 heavy (non-hydrogen) atoms. The van der Waals surface area contributed by atoms with E-state index < -0.39 is 0 Å². The summed E-state index contributed by atoms with van der Waals surface area (Å²) in [5, 5.41) is 3.34. The van der Waals surface area contributed by atoms with E-state index in [1.807, 2.05) is 6.07 Å². The number of aromatic nitrogens is 1. The lowest BCUT2D eigenvalue weighted by Gasteiger charge is -1.95. The minimum Gasteiger partial charge on any atom is -0.440 e. The smallest absolute Gasteiger partial charge is 0.198 e. The normalized spacial score (nSPS) is 15.1. The zero-order valence-corrected chi connectivity index (χ0v) is 9.00. The Morgan fingerprint density at radius 2 is 2.20 bits per heavy atom. The molecule has 0 saturated heterocycles. The lowest BCUT2D eigenvalue weighted by atomic mass is 10.1. The van der Waals surface area contributed by atoms with Gasteiger partial charge in [0.15, 0.2) is 11.5 Å². The van der Waals surface area contributed by atoms with Gasteiger partial charge in [-0.2, -0.15) is 0 Å². The van der Waals surface area contributed by atoms with E-state index in [0.717, 1.165) is 30.1 Å². The van der Waals surface area contributed by atoms with Gasteiger partial charge in [-0.25, -0.2) is 4.98 Å². The van der Waals surface area contributed by atoms with Gasteiger partial charge in [-0.3, -0.25) is 0 Å². The SMILES string of the molecule is CC(C)c1nc2c3c(ccc2o1)CNC3. The molecule has 0 amide bonds. The molecule has 0 unspecified atom stereocenters. The Morgan fingerprint density at radius 3 is 3.00 bits per heavy atom. The average Bonchev–Trinajstić information content (AvgIpc) is 2.82. The first-order valence-electron chi connectivity index (χ1n) is 5.37. The largest absolute Gasteiger partial charge is 0.440 e. The summed E-state index contributed by atoms with van der Waals surface area (Å²) in [5.74, 6) is 1.19. The Balaban J connectivity index is 2.27. The van der Waals surface area contributed by atoms with Crippen LogP contribution >= 0.6 is 0 Å². The summed E-state index contributed by atoms with van der Waals surface area (Å²) >= 11 is 0. The van der Waals surface area contributed by atoms with Crippen LogP contribution in [0.2, 0.25) is 0 Å². The van der Waals surface area contributed by atoms with E-state index in [0.29, 0.717) is 5.92 Å². The third-order valence-corrected chi connectivity index (χ3v) is 2.89. The Hall–Kier alpha value is -1.35. The summed E-state index contributed by atoms with van der Waals surface area (Å²) in [6.45, 7) is 6.07. The first-order valence-corrected chi connectivity index (χ1v) is 5.37. The highest BCUT2D eigenvalue weighted by atomic mass is 16.3. The Morgan fingerprint density at radius 1 is 1.33 bits per heavy atom. The lowest BCUT2D eigenvalue weighted by molar-refractivity contribution is 0.501. The summed E-state index contributed by atoms with van der Waals surface area (Å²) < 4.78 is 5.72. The number of hydrogen-bond donors (Lipinski definition) is 1. The van der Waals surface area contributed by atoms with Crippen molar-refractivity contribution in [2.45, 2.75) is 32.9 Å². The molecule has 3 rings (SSSR count). The van der Waals surface area contributed by atoms with Crippen molar-refractivity contribution in [3.05, 3.63) is 29.2 Å². The molecule has 0 radical (unpaired) electrons. The number of oxazole rings is 1. The first-order chi connectivity index (χ1) is 7.25. The second-order valence-electron chi connectivity index (χ2n) is 4.36. The lowest BCUT2D eigenvalue weighted by Crippen LogP contribution is -2.00. The van der Waals surface area contributed by atoms with E-state index in [2.05, 4.69) is 30.2 Å². The monoisotopic (exact) mass is 202 g/mol. The number of hydrogen-bond acceptors (Lipinski definition) is 3. The number of rotatable bonds is 1. The number of nitrogens with zero attached hydrogens (tertiary/aromatic N) is 1. The molecule has 0 saturated carbocycles. The minimum absolute atomic E-state index is 0.349. The van der Waals surface area contributed by atoms with E-state index in [1.165, 1.54) is 11.1 Å². The Kier molecular flexibility index (Phi) is 1.83. The summed E-state index contributed by atoms with van der Waals surface area (Å²) in [7, 11) is 0. The molecule has 1 aromatic heterocycles. The molecule has 78 valence electrons. The predicted molar refractivity (Wildman–Crippen MR) is 58.6 cm³/mol. The van der Waals surface area contributed by atoms with E-state index in [4.69, 9.17) is 4.42 Å². The zero-order valence-electron chi connectivity index (χ0n) is 9.00. The van der Waals surface area contributed by atoms with Crippen LogP contribution in [0.5, 0.6) is 0 Å². The maximum Gasteiger partial charge on any atom is 0.198 e. The predicted octanol–water partition coefficient (Wildman–Crippen LogP) is 2.55. The molecule has 2 heterocycles. The maximum atomic E-state index is 5.72. The molecular formula is C12H14N2O. The van der Waals surface area contributed by atoms with E-state index in [9.17, 15) is 0 Å². The molecule has 0 bridgehead atoms. The fourth-order valence-electron chi connectivity index (χ4n) is 2.04. The Bertz CT molecular complexity index is 514. The van der Waals surface area contributed by atoms with Gasteiger partial charge < -0.3 is 9.73 Å². The number of benzene rings is 1. The maximum absolute atomic E-state index is 5.72. The molecule has 1 aromatic carbocycles. The first kappa shape index (κ1) is 8.92. The zero-order chi connectivity index (χ0) is 10.4. The molecule has 0 fully saturated rings. The van der Waals surface area contributed by atoms with Gasteiger partial charge in [0.1, 0.15) is 5.52 Å². The van der Waals surface area contributed by atoms with Crippen LogP contribution in [0.1, 0.15) is 36.8 Å². The van der Waals surface area contributed by atoms with Gasteiger partial charge in [0.2, 0.25) is 0 Å². The van der Waals surface area contributed by atoms with Gasteiger partial charge in [-0.15, -0.1) is 0 Å². The molecule has 0 aliphatic carbocycles. The van der Waals surface area contributed by atoms with E-state index >= 15 is 0 Å². The molecule has 1 aliphatic rings. The third-order valence-electron chi connectivity index (χ3n) is 2.89. The topological polar surface area (TPSA) is 38.1 Å². The van der Waals surface area contributed by atoms with Gasteiger partial charge in [-0.05, 0) is 11.6 Å². The van der Waals surface area contributed by atoms with Crippen molar-refractivity contribution in [2.24, 2.45) is 0 Å². The van der Waals surface area contributed by atoms with Gasteiger partial charge in [-0.1, -0.05) is 19.9 Å². The van der Waals surface area contributed by atoms with Crippen molar-refractivity contribution in [3.63, 3.8) is 0 Å². The molecular weight excluding hydrogens is 188 g/mol. The number of nitrogens with one attached hydrogen (secondary N) is 1. The van der Waals surface area contributed by atoms with Crippen LogP contribution in [0, 0.1) is 0 Å². The number of fused-ring (bicyclic) bond motifs is 3. The highest BCUT2D eigenvalue weighted by Gasteiger charge is 2.18. The summed E-state index contributed by atoms with van der Waals surface area (Å²) in [4.78, 5) is 4.58. The molecule has 3 nitrogen and oxygen atoms in total. The Labute approximate surface area is 88.5 Å². The second-order valence-corrected chi connectivity index (χ2v) is 4.36. The molecule has 2 aromatic rings. The van der Waals surface area contributed by atoms with Gasteiger partial charge in [0, 0.05) is 24.6 Å². The van der Waals surface area contributed by atoms with Crippen LogP contribution in [0.4, 0.5) is 0 Å². The van der Waals surface area contributed by atoms with Crippen LogP contribution in [-0.4, -0.2) is 4.98 Å². The van der Waals surface area contributed by atoms with Crippen molar-refractivity contribution in [3.8, 4) is 0 Å². The quantitative estimate of drug-likeness (QED) is 0.772. The molecule has 1 aliphatic heterocycles. The van der Waals surface area contributed by atoms with Gasteiger partial charge >= 0.3 is 0 Å². The van der Waals surface area contributed by atoms with Gasteiger partial charge in [0.25, 0.3) is 0 Å². The molecule has 3 heteroatoms. The fourth-order valence-corrected chi connectivity index (χ4v) is 2.04. The summed E-state index contributed by atoms with van der Waals surface area (Å²) in [6, 6.07) is 4.16. The van der Waals surface area contributed by atoms with Crippen molar-refractivity contribution in [2.75, 3.05) is 0 Å². The summed E-state index contributed by atoms with van der Waals surface area (Å²) in [6.07, 6.45) is 0. The van der Waals surface area contributed by atoms with Crippen LogP contribution in [0.25, 0.3) is 11.1 Å². The molecule has 0 atom stereocenters. The average molecular weight is 202 g/mol. The van der Waals surface area contributed by atoms with Crippen molar-refractivity contribution >= 4 is 11.1 Å². The summed E-state index contributed by atoms with van der Waals surface area (Å²) in [5.41, 5.74) is 4.62. The van der Waals surface area contributed by atoms with Crippen LogP contribution in [-0.2, 0) is 13.1 Å². The van der Waals surface area contributed by atoms with Crippen LogP contribution < -0.4 is 5.32 Å². The second kappa shape index (κ2) is 3.07. The van der Waals surface area contributed by atoms with E-state index in [-0.39, 0.29) is 0 Å². The van der Waals surface area contributed by atoms with Crippen LogP contribution in [0.3, 0.4) is 0 Å². The van der Waals surface area contributed by atoms with Crippen molar-refractivity contribution in [1.29, 1.82) is 0 Å². The van der Waals surface area contributed by atoms with E-state index in [1.54, 1.807) is 0 Å². The highest BCUT2D eigenvalue weighted by Crippen LogP contribution is 2.28. The highest BCUT2D eigenvalue weighted by molar-refractivity contribution is 5.78. The van der Waals surface area contributed by atoms with Crippen LogP contribution in [0.15, 0.2) is 16.5 Å². The molecule has 0 spiro atoms. The molecule has 1 N–H and O–H groups in total. The van der Waals surface area contributed by atoms with Crippen molar-refractivity contribution < 1.29 is 4.42 Å². The third kappa shape index (κ3) is 1.27. The standard InChI is InChI=1S/C12H14N2O/c1-7(2)12-14-11-9-6-13-5-8(9)3-4-10(11)15-12/h3-4,7,13H,5-6H2,1-2H3.